The number of amides is 1. The van der Waals surface area contributed by atoms with Gasteiger partial charge in [-0.2, -0.15) is 0 Å². The molecule has 0 fully saturated rings. The molecule has 0 bridgehead atoms. The molecule has 130 valence electrons. The van der Waals surface area contributed by atoms with Crippen LogP contribution in [0.1, 0.15) is 6.92 Å². The van der Waals surface area contributed by atoms with E-state index < -0.39 is 0 Å². The molecule has 0 aromatic heterocycles. The van der Waals surface area contributed by atoms with Crippen LogP contribution in [0.4, 0.5) is 5.69 Å². The SMILES string of the molecule is CC(=O)Nc1ccc(OCCOCCOCCOCCI)cc1. The number of hydrogen-bond acceptors (Lipinski definition) is 5. The van der Waals surface area contributed by atoms with Gasteiger partial charge in [0.05, 0.1) is 39.6 Å². The highest BCUT2D eigenvalue weighted by Crippen LogP contribution is 2.15. The first-order valence-corrected chi connectivity index (χ1v) is 9.04. The normalized spacial score (nSPS) is 10.5. The van der Waals surface area contributed by atoms with Crippen LogP contribution in [0.2, 0.25) is 0 Å². The third-order valence-corrected chi connectivity index (χ3v) is 3.08. The summed E-state index contributed by atoms with van der Waals surface area (Å²) in [5, 5.41) is 2.70. The molecular formula is C16H24INO5. The molecule has 6 nitrogen and oxygen atoms in total. The van der Waals surface area contributed by atoms with Gasteiger partial charge in [0.2, 0.25) is 5.91 Å². The van der Waals surface area contributed by atoms with Crippen molar-refractivity contribution in [3.8, 4) is 5.75 Å². The van der Waals surface area contributed by atoms with Crippen molar-refractivity contribution < 1.29 is 23.7 Å². The van der Waals surface area contributed by atoms with Gasteiger partial charge in [-0.3, -0.25) is 4.79 Å². The lowest BCUT2D eigenvalue weighted by Crippen LogP contribution is -2.13. The molecule has 1 rings (SSSR count). The minimum atomic E-state index is -0.0918. The van der Waals surface area contributed by atoms with Crippen LogP contribution in [0.25, 0.3) is 0 Å². The number of nitrogens with one attached hydrogen (secondary N) is 1. The summed E-state index contributed by atoms with van der Waals surface area (Å²) in [5.74, 6) is 0.650. The van der Waals surface area contributed by atoms with Crippen molar-refractivity contribution in [1.82, 2.24) is 0 Å². The number of carbonyl (C=O) groups excluding carboxylic acids is 1. The average molecular weight is 437 g/mol. The number of anilines is 1. The van der Waals surface area contributed by atoms with Crippen LogP contribution in [0.15, 0.2) is 24.3 Å². The predicted molar refractivity (Wildman–Crippen MR) is 97.6 cm³/mol. The minimum Gasteiger partial charge on any atom is -0.491 e. The van der Waals surface area contributed by atoms with E-state index in [4.69, 9.17) is 18.9 Å². The summed E-state index contributed by atoms with van der Waals surface area (Å²) in [4.78, 5) is 10.9. The van der Waals surface area contributed by atoms with E-state index in [0.29, 0.717) is 39.6 Å². The standard InChI is InChI=1S/C16H24INO5/c1-14(19)18-15-2-4-16(5-3-15)23-13-12-22-11-10-21-9-8-20-7-6-17/h2-5H,6-13H2,1H3,(H,18,19). The van der Waals surface area contributed by atoms with E-state index in [1.165, 1.54) is 6.92 Å². The summed E-state index contributed by atoms with van der Waals surface area (Å²) >= 11 is 2.27. The van der Waals surface area contributed by atoms with E-state index in [9.17, 15) is 4.79 Å². The van der Waals surface area contributed by atoms with E-state index in [2.05, 4.69) is 27.9 Å². The van der Waals surface area contributed by atoms with E-state index in [1.54, 1.807) is 12.1 Å². The maximum absolute atomic E-state index is 10.9. The second-order valence-corrected chi connectivity index (χ2v) is 5.66. The number of hydrogen-bond donors (Lipinski definition) is 1. The van der Waals surface area contributed by atoms with Crippen LogP contribution in [0, 0.1) is 0 Å². The summed E-state index contributed by atoms with van der Waals surface area (Å²) in [6.45, 7) is 5.53. The lowest BCUT2D eigenvalue weighted by Gasteiger charge is -2.09. The molecule has 0 spiro atoms. The number of ether oxygens (including phenoxy) is 4. The number of alkyl halides is 1. The predicted octanol–water partition coefficient (Wildman–Crippen LogP) is 2.51. The van der Waals surface area contributed by atoms with Gasteiger partial charge in [0.15, 0.2) is 0 Å². The molecule has 0 saturated carbocycles. The van der Waals surface area contributed by atoms with Crippen molar-refractivity contribution in [3.63, 3.8) is 0 Å². The molecule has 0 aliphatic rings. The van der Waals surface area contributed by atoms with Gasteiger partial charge in [-0.15, -0.1) is 0 Å². The zero-order chi connectivity index (χ0) is 16.8. The van der Waals surface area contributed by atoms with Crippen molar-refractivity contribution >= 4 is 34.2 Å². The monoisotopic (exact) mass is 437 g/mol. The Hall–Kier alpha value is -0.900. The van der Waals surface area contributed by atoms with Gasteiger partial charge in [0.1, 0.15) is 12.4 Å². The maximum atomic E-state index is 10.9. The first-order valence-electron chi connectivity index (χ1n) is 7.52. The molecule has 1 N–H and O–H groups in total. The third-order valence-electron chi connectivity index (χ3n) is 2.64. The van der Waals surface area contributed by atoms with E-state index >= 15 is 0 Å². The Morgan fingerprint density at radius 3 is 1.96 bits per heavy atom. The molecule has 0 unspecified atom stereocenters. The molecule has 1 amide bonds. The van der Waals surface area contributed by atoms with Crippen molar-refractivity contribution in [2.45, 2.75) is 6.92 Å². The molecule has 0 saturated heterocycles. The van der Waals surface area contributed by atoms with Crippen LogP contribution < -0.4 is 10.1 Å². The van der Waals surface area contributed by atoms with Gasteiger partial charge in [0, 0.05) is 17.0 Å². The van der Waals surface area contributed by atoms with Crippen LogP contribution in [-0.4, -0.2) is 56.6 Å². The molecule has 0 atom stereocenters. The van der Waals surface area contributed by atoms with Crippen molar-refractivity contribution in [3.05, 3.63) is 24.3 Å². The molecule has 1 aromatic rings. The van der Waals surface area contributed by atoms with Crippen LogP contribution in [-0.2, 0) is 19.0 Å². The molecule has 0 aliphatic carbocycles. The number of halogens is 1. The van der Waals surface area contributed by atoms with E-state index in [1.807, 2.05) is 12.1 Å². The van der Waals surface area contributed by atoms with Gasteiger partial charge in [-0.05, 0) is 24.3 Å². The van der Waals surface area contributed by atoms with E-state index in [0.717, 1.165) is 22.5 Å². The van der Waals surface area contributed by atoms with Crippen LogP contribution in [0.3, 0.4) is 0 Å². The van der Waals surface area contributed by atoms with E-state index in [-0.39, 0.29) is 5.91 Å². The quantitative estimate of drug-likeness (QED) is 0.292. The zero-order valence-corrected chi connectivity index (χ0v) is 15.5. The zero-order valence-electron chi connectivity index (χ0n) is 13.4. The van der Waals surface area contributed by atoms with Gasteiger partial charge in [0.25, 0.3) is 0 Å². The molecule has 23 heavy (non-hydrogen) atoms. The van der Waals surface area contributed by atoms with Gasteiger partial charge in [-0.25, -0.2) is 0 Å². The molecule has 1 aromatic carbocycles. The fraction of sp³-hybridized carbons (Fsp3) is 0.562. The molecule has 7 heteroatoms. The van der Waals surface area contributed by atoms with Gasteiger partial charge < -0.3 is 24.3 Å². The second kappa shape index (κ2) is 13.5. The van der Waals surface area contributed by atoms with Gasteiger partial charge >= 0.3 is 0 Å². The maximum Gasteiger partial charge on any atom is 0.221 e. The topological polar surface area (TPSA) is 66.0 Å². The Bertz CT molecular complexity index is 427. The Kier molecular flexibility index (Phi) is 11.9. The van der Waals surface area contributed by atoms with Crippen LogP contribution in [0.5, 0.6) is 5.75 Å². The highest BCUT2D eigenvalue weighted by molar-refractivity contribution is 14.1. The fourth-order valence-electron chi connectivity index (χ4n) is 1.65. The van der Waals surface area contributed by atoms with Crippen molar-refractivity contribution in [2.75, 3.05) is 56.0 Å². The van der Waals surface area contributed by atoms with Crippen molar-refractivity contribution in [1.29, 1.82) is 0 Å². The first-order chi connectivity index (χ1) is 11.2. The smallest absolute Gasteiger partial charge is 0.221 e. The summed E-state index contributed by atoms with van der Waals surface area (Å²) in [5.41, 5.74) is 0.751. The number of benzene rings is 1. The Balaban J connectivity index is 1.95. The number of carbonyl (C=O) groups is 1. The third kappa shape index (κ3) is 11.3. The summed E-state index contributed by atoms with van der Waals surface area (Å²) in [6.07, 6.45) is 0. The lowest BCUT2D eigenvalue weighted by molar-refractivity contribution is -0.114. The second-order valence-electron chi connectivity index (χ2n) is 4.58. The minimum absolute atomic E-state index is 0.0918. The summed E-state index contributed by atoms with van der Waals surface area (Å²) < 4.78 is 22.6. The summed E-state index contributed by atoms with van der Waals surface area (Å²) in [6, 6.07) is 7.21. The fourth-order valence-corrected chi connectivity index (χ4v) is 1.96. The average Bonchev–Trinajstić information content (AvgIpc) is 2.53. The first kappa shape index (κ1) is 20.1. The Morgan fingerprint density at radius 1 is 0.913 bits per heavy atom. The van der Waals surface area contributed by atoms with Gasteiger partial charge in [-0.1, -0.05) is 22.6 Å². The molecular weight excluding hydrogens is 413 g/mol. The highest BCUT2D eigenvalue weighted by atomic mass is 127. The highest BCUT2D eigenvalue weighted by Gasteiger charge is 1.97. The Morgan fingerprint density at radius 2 is 1.43 bits per heavy atom. The Labute approximate surface area is 151 Å². The molecule has 0 heterocycles. The molecule has 0 radical (unpaired) electrons. The molecule has 0 aliphatic heterocycles. The lowest BCUT2D eigenvalue weighted by atomic mass is 10.3. The summed E-state index contributed by atoms with van der Waals surface area (Å²) in [7, 11) is 0. The van der Waals surface area contributed by atoms with Crippen LogP contribution >= 0.6 is 22.6 Å². The van der Waals surface area contributed by atoms with Crippen molar-refractivity contribution in [2.24, 2.45) is 0 Å². The number of rotatable bonds is 13. The largest absolute Gasteiger partial charge is 0.491 e.